The number of aromatic amines is 1. The molecule has 1 aromatic carbocycles. The summed E-state index contributed by atoms with van der Waals surface area (Å²) in [6.45, 7) is 3.52. The number of fused-ring (bicyclic) bond motifs is 1. The SMILES string of the molecule is CN(CCc1nnn[nH]1)[C@H]1CCN(c2ccc3c(C(=O)NCC45CC6CC(CC(C6)C4)C5)c(Cl)ccc3n2)C1. The number of carbonyl (C=O) groups is 1. The van der Waals surface area contributed by atoms with E-state index in [9.17, 15) is 4.79 Å². The lowest BCUT2D eigenvalue weighted by molar-refractivity contribution is -0.0503. The summed E-state index contributed by atoms with van der Waals surface area (Å²) in [6, 6.07) is 8.25. The standard InChI is InChI=1S/C29H37ClN8O/c1-37(8-7-25-33-35-36-34-25)21-6-9-38(16-21)26-5-2-22-24(32-26)4-3-23(30)27(22)28(39)31-17-29-13-18-10-19(14-29)12-20(11-18)15-29/h2-5,18-21H,6-17H2,1H3,(H,31,39)(H,33,34,35,36)/t18?,19?,20?,21-,29?/m0/s1. The molecule has 2 aromatic heterocycles. The lowest BCUT2D eigenvalue weighted by atomic mass is 9.49. The number of pyridine rings is 1. The fourth-order valence-electron chi connectivity index (χ4n) is 8.50. The van der Waals surface area contributed by atoms with Crippen LogP contribution in [0.25, 0.3) is 10.9 Å². The van der Waals surface area contributed by atoms with Crippen molar-refractivity contribution in [3.05, 3.63) is 40.7 Å². The molecule has 0 radical (unpaired) electrons. The summed E-state index contributed by atoms with van der Waals surface area (Å²) in [5.41, 5.74) is 1.66. The van der Waals surface area contributed by atoms with Crippen LogP contribution in [0, 0.1) is 23.2 Å². The number of amides is 1. The third kappa shape index (κ3) is 4.88. The Hall–Kier alpha value is -2.78. The van der Waals surface area contributed by atoms with Gasteiger partial charge in [0.2, 0.25) is 0 Å². The highest BCUT2D eigenvalue weighted by Gasteiger charge is 2.50. The minimum atomic E-state index is -0.0688. The molecule has 5 aliphatic rings. The molecule has 39 heavy (non-hydrogen) atoms. The van der Waals surface area contributed by atoms with Crippen molar-refractivity contribution in [2.45, 2.75) is 57.4 Å². The summed E-state index contributed by atoms with van der Waals surface area (Å²) < 4.78 is 0. The summed E-state index contributed by atoms with van der Waals surface area (Å²) in [7, 11) is 2.15. The summed E-state index contributed by atoms with van der Waals surface area (Å²) in [5, 5.41) is 18.8. The Morgan fingerprint density at radius 2 is 1.92 bits per heavy atom. The van der Waals surface area contributed by atoms with Crippen molar-refractivity contribution >= 4 is 34.2 Å². The number of likely N-dealkylation sites (N-methyl/N-ethyl adjacent to an activating group) is 1. The zero-order valence-corrected chi connectivity index (χ0v) is 23.3. The zero-order valence-electron chi connectivity index (χ0n) is 22.6. The van der Waals surface area contributed by atoms with Crippen LogP contribution in [0.4, 0.5) is 5.82 Å². The molecule has 1 aliphatic heterocycles. The molecule has 2 N–H and O–H groups in total. The average molecular weight is 549 g/mol. The molecule has 3 aromatic rings. The molecule has 10 heteroatoms. The monoisotopic (exact) mass is 548 g/mol. The van der Waals surface area contributed by atoms with Gasteiger partial charge < -0.3 is 15.1 Å². The van der Waals surface area contributed by atoms with Crippen LogP contribution in [0.2, 0.25) is 5.02 Å². The van der Waals surface area contributed by atoms with Gasteiger partial charge in [-0.25, -0.2) is 10.1 Å². The first-order chi connectivity index (χ1) is 18.9. The second-order valence-electron chi connectivity index (χ2n) is 12.7. The van der Waals surface area contributed by atoms with Gasteiger partial charge in [0.1, 0.15) is 11.6 Å². The minimum absolute atomic E-state index is 0.0688. The lowest BCUT2D eigenvalue weighted by Gasteiger charge is -2.56. The number of rotatable bonds is 8. The van der Waals surface area contributed by atoms with E-state index < -0.39 is 0 Å². The number of carbonyl (C=O) groups excluding carboxylic acids is 1. The third-order valence-corrected chi connectivity index (χ3v) is 10.3. The Labute approximate surface area is 234 Å². The van der Waals surface area contributed by atoms with Gasteiger partial charge in [-0.15, -0.1) is 5.10 Å². The minimum Gasteiger partial charge on any atom is -0.355 e. The van der Waals surface area contributed by atoms with Gasteiger partial charge in [-0.1, -0.05) is 11.6 Å². The van der Waals surface area contributed by atoms with E-state index in [-0.39, 0.29) is 11.3 Å². The molecule has 0 spiro atoms. The van der Waals surface area contributed by atoms with E-state index in [1.54, 1.807) is 0 Å². The van der Waals surface area contributed by atoms with Gasteiger partial charge in [0, 0.05) is 44.0 Å². The van der Waals surface area contributed by atoms with Gasteiger partial charge in [0.05, 0.1) is 16.1 Å². The number of benzene rings is 1. The number of hydrogen-bond acceptors (Lipinski definition) is 7. The van der Waals surface area contributed by atoms with E-state index in [4.69, 9.17) is 16.6 Å². The normalized spacial score (nSPS) is 29.6. The van der Waals surface area contributed by atoms with Crippen molar-refractivity contribution in [1.29, 1.82) is 0 Å². The first-order valence-corrected chi connectivity index (χ1v) is 14.9. The van der Waals surface area contributed by atoms with E-state index in [0.29, 0.717) is 16.6 Å². The van der Waals surface area contributed by atoms with Crippen LogP contribution in [0.3, 0.4) is 0 Å². The van der Waals surface area contributed by atoms with Gasteiger partial charge in [-0.3, -0.25) is 4.79 Å². The van der Waals surface area contributed by atoms with Crippen molar-refractivity contribution in [2.75, 3.05) is 38.1 Å². The molecule has 1 saturated heterocycles. The van der Waals surface area contributed by atoms with Crippen LogP contribution in [0.5, 0.6) is 0 Å². The first-order valence-electron chi connectivity index (χ1n) is 14.5. The Morgan fingerprint density at radius 3 is 2.64 bits per heavy atom. The van der Waals surface area contributed by atoms with Crippen LogP contribution < -0.4 is 10.2 Å². The maximum atomic E-state index is 13.5. The van der Waals surface area contributed by atoms with Gasteiger partial charge in [0.15, 0.2) is 0 Å². The predicted molar refractivity (Wildman–Crippen MR) is 151 cm³/mol. The Morgan fingerprint density at radius 1 is 1.15 bits per heavy atom. The first kappa shape index (κ1) is 25.2. The smallest absolute Gasteiger partial charge is 0.253 e. The number of nitrogens with zero attached hydrogens (tertiary/aromatic N) is 6. The van der Waals surface area contributed by atoms with Crippen LogP contribution in [-0.2, 0) is 6.42 Å². The highest BCUT2D eigenvalue weighted by Crippen LogP contribution is 2.59. The number of nitrogens with one attached hydrogen (secondary N) is 2. The molecular weight excluding hydrogens is 512 g/mol. The molecule has 206 valence electrons. The van der Waals surface area contributed by atoms with Crippen molar-refractivity contribution in [2.24, 2.45) is 23.2 Å². The molecule has 5 fully saturated rings. The molecule has 3 heterocycles. The molecule has 4 bridgehead atoms. The number of halogens is 1. The lowest BCUT2D eigenvalue weighted by Crippen LogP contribution is -2.51. The molecule has 4 saturated carbocycles. The van der Waals surface area contributed by atoms with Crippen LogP contribution in [0.15, 0.2) is 24.3 Å². The summed E-state index contributed by atoms with van der Waals surface area (Å²) in [5.74, 6) is 4.29. The predicted octanol–water partition coefficient (Wildman–Crippen LogP) is 4.10. The Bertz CT molecular complexity index is 1330. The van der Waals surface area contributed by atoms with E-state index in [2.05, 4.69) is 42.8 Å². The topological polar surface area (TPSA) is 103 Å². The second kappa shape index (κ2) is 10.0. The Kier molecular flexibility index (Phi) is 6.46. The molecule has 9 nitrogen and oxygen atoms in total. The van der Waals surface area contributed by atoms with Gasteiger partial charge in [0.25, 0.3) is 5.91 Å². The van der Waals surface area contributed by atoms with Crippen molar-refractivity contribution in [3.8, 4) is 0 Å². The molecule has 0 unspecified atom stereocenters. The van der Waals surface area contributed by atoms with Crippen LogP contribution >= 0.6 is 11.6 Å². The molecule has 1 atom stereocenters. The van der Waals surface area contributed by atoms with Gasteiger partial charge in [-0.05, 0) is 110 Å². The number of tetrazole rings is 1. The number of anilines is 1. The highest BCUT2D eigenvalue weighted by atomic mass is 35.5. The zero-order chi connectivity index (χ0) is 26.6. The molecule has 8 rings (SSSR count). The highest BCUT2D eigenvalue weighted by molar-refractivity contribution is 6.35. The largest absolute Gasteiger partial charge is 0.355 e. The quantitative estimate of drug-likeness (QED) is 0.437. The van der Waals surface area contributed by atoms with Crippen LogP contribution in [0.1, 0.15) is 61.1 Å². The van der Waals surface area contributed by atoms with Gasteiger partial charge in [-0.2, -0.15) is 0 Å². The van der Waals surface area contributed by atoms with Crippen molar-refractivity contribution in [3.63, 3.8) is 0 Å². The Balaban J connectivity index is 1.03. The molecule has 1 amide bonds. The summed E-state index contributed by atoms with van der Waals surface area (Å²) >= 11 is 6.62. The van der Waals surface area contributed by atoms with E-state index in [1.807, 2.05) is 24.3 Å². The maximum Gasteiger partial charge on any atom is 0.253 e. The number of aromatic nitrogens is 5. The molecule has 4 aliphatic carbocycles. The average Bonchev–Trinajstić information content (AvgIpc) is 3.62. The summed E-state index contributed by atoms with van der Waals surface area (Å²) in [4.78, 5) is 23.2. The van der Waals surface area contributed by atoms with Gasteiger partial charge >= 0.3 is 0 Å². The fraction of sp³-hybridized carbons (Fsp3) is 0.621. The van der Waals surface area contributed by atoms with Crippen molar-refractivity contribution < 1.29 is 4.79 Å². The van der Waals surface area contributed by atoms with E-state index in [0.717, 1.165) is 79.3 Å². The van der Waals surface area contributed by atoms with E-state index >= 15 is 0 Å². The second-order valence-corrected chi connectivity index (χ2v) is 13.1. The number of hydrogen-bond donors (Lipinski definition) is 2. The fourth-order valence-corrected chi connectivity index (χ4v) is 8.75. The number of H-pyrrole nitrogens is 1. The van der Waals surface area contributed by atoms with E-state index in [1.165, 1.54) is 38.5 Å². The summed E-state index contributed by atoms with van der Waals surface area (Å²) in [6.07, 6.45) is 9.91. The molecular formula is C29H37ClN8O. The van der Waals surface area contributed by atoms with Crippen LogP contribution in [-0.4, -0.2) is 75.7 Å². The van der Waals surface area contributed by atoms with Crippen molar-refractivity contribution in [1.82, 2.24) is 35.8 Å². The maximum absolute atomic E-state index is 13.5. The third-order valence-electron chi connectivity index (χ3n) is 10.0.